The Morgan fingerprint density at radius 2 is 2.00 bits per heavy atom. The van der Waals surface area contributed by atoms with Crippen LogP contribution in [0.2, 0.25) is 0 Å². The van der Waals surface area contributed by atoms with Crippen LogP contribution in [0.4, 0.5) is 10.5 Å². The van der Waals surface area contributed by atoms with Gasteiger partial charge in [0.25, 0.3) is 0 Å². The summed E-state index contributed by atoms with van der Waals surface area (Å²) in [6.45, 7) is 2.57. The Labute approximate surface area is 124 Å². The lowest BCUT2D eigenvalue weighted by atomic mass is 10.1. The number of hydrogen-bond donors (Lipinski definition) is 3. The van der Waals surface area contributed by atoms with E-state index in [1.165, 1.54) is 0 Å². The van der Waals surface area contributed by atoms with E-state index in [4.69, 9.17) is 5.11 Å². The van der Waals surface area contributed by atoms with Crippen LogP contribution in [0.15, 0.2) is 6.20 Å². The molecule has 21 heavy (non-hydrogen) atoms. The molecule has 0 bridgehead atoms. The highest BCUT2D eigenvalue weighted by Gasteiger charge is 2.08. The van der Waals surface area contributed by atoms with Gasteiger partial charge in [-0.05, 0) is 19.3 Å². The molecule has 0 aliphatic rings. The molecule has 0 atom stereocenters. The van der Waals surface area contributed by atoms with Crippen molar-refractivity contribution in [2.24, 2.45) is 7.05 Å². The van der Waals surface area contributed by atoms with E-state index in [-0.39, 0.29) is 12.5 Å². The first kappa shape index (κ1) is 17.0. The third-order valence-corrected chi connectivity index (χ3v) is 3.09. The number of urea groups is 1. The van der Waals surface area contributed by atoms with Crippen LogP contribution in [0.1, 0.15) is 44.7 Å². The van der Waals surface area contributed by atoms with Crippen molar-refractivity contribution in [1.29, 1.82) is 0 Å². The second kappa shape index (κ2) is 8.99. The van der Waals surface area contributed by atoms with Crippen LogP contribution < -0.4 is 10.6 Å². The molecule has 1 rings (SSSR count). The lowest BCUT2D eigenvalue weighted by Crippen LogP contribution is -2.29. The van der Waals surface area contributed by atoms with Crippen molar-refractivity contribution >= 4 is 17.7 Å². The minimum absolute atomic E-state index is 0.217. The molecule has 0 radical (unpaired) electrons. The van der Waals surface area contributed by atoms with Gasteiger partial charge >= 0.3 is 12.0 Å². The molecule has 0 fully saturated rings. The minimum Gasteiger partial charge on any atom is -0.481 e. The number of aryl methyl sites for hydroxylation is 2. The largest absolute Gasteiger partial charge is 0.481 e. The van der Waals surface area contributed by atoms with Crippen LogP contribution in [0.25, 0.3) is 0 Å². The number of aliphatic carboxylic acids is 1. The summed E-state index contributed by atoms with van der Waals surface area (Å²) in [5.74, 6) is -0.754. The number of nitrogens with zero attached hydrogens (tertiary/aromatic N) is 2. The zero-order valence-corrected chi connectivity index (χ0v) is 12.7. The van der Waals surface area contributed by atoms with Gasteiger partial charge in [0.1, 0.15) is 0 Å². The number of anilines is 1. The van der Waals surface area contributed by atoms with E-state index in [2.05, 4.69) is 15.7 Å². The van der Waals surface area contributed by atoms with E-state index in [9.17, 15) is 9.59 Å². The summed E-state index contributed by atoms with van der Waals surface area (Å²) >= 11 is 0. The molecular formula is C14H24N4O3. The molecule has 0 aliphatic heterocycles. The zero-order chi connectivity index (χ0) is 15.7. The Kier molecular flexibility index (Phi) is 7.28. The molecule has 3 N–H and O–H groups in total. The molecule has 1 heterocycles. The van der Waals surface area contributed by atoms with Crippen molar-refractivity contribution in [3.63, 3.8) is 0 Å². The monoisotopic (exact) mass is 296 g/mol. The van der Waals surface area contributed by atoms with E-state index in [1.807, 2.05) is 14.0 Å². The highest BCUT2D eigenvalue weighted by Crippen LogP contribution is 2.13. The van der Waals surface area contributed by atoms with Crippen LogP contribution in [0.5, 0.6) is 0 Å². The van der Waals surface area contributed by atoms with Crippen LogP contribution in [0, 0.1) is 0 Å². The Morgan fingerprint density at radius 3 is 2.67 bits per heavy atom. The lowest BCUT2D eigenvalue weighted by Gasteiger charge is -2.07. The minimum atomic E-state index is -0.754. The van der Waals surface area contributed by atoms with E-state index < -0.39 is 5.97 Å². The fourth-order valence-electron chi connectivity index (χ4n) is 2.02. The first-order valence-corrected chi connectivity index (χ1v) is 7.32. The topological polar surface area (TPSA) is 96.3 Å². The molecule has 1 aromatic heterocycles. The summed E-state index contributed by atoms with van der Waals surface area (Å²) < 4.78 is 1.68. The van der Waals surface area contributed by atoms with Gasteiger partial charge in [-0.3, -0.25) is 9.48 Å². The van der Waals surface area contributed by atoms with Gasteiger partial charge in [-0.1, -0.05) is 19.8 Å². The van der Waals surface area contributed by atoms with E-state index in [0.717, 1.165) is 37.1 Å². The van der Waals surface area contributed by atoms with Crippen LogP contribution in [-0.2, 0) is 18.3 Å². The van der Waals surface area contributed by atoms with Crippen molar-refractivity contribution in [2.75, 3.05) is 11.9 Å². The number of carbonyl (C=O) groups is 2. The van der Waals surface area contributed by atoms with E-state index in [1.54, 1.807) is 10.9 Å². The predicted octanol–water partition coefficient (Wildman–Crippen LogP) is 2.14. The Bertz CT molecular complexity index is 471. The standard InChI is InChI=1S/C14H24N4O3/c1-3-11-12(10-18(2)17-11)16-14(21)15-9-7-5-4-6-8-13(19)20/h10H,3-9H2,1-2H3,(H,19,20)(H2,15,16,21). The number of carbonyl (C=O) groups excluding carboxylic acids is 1. The third kappa shape index (κ3) is 6.78. The Morgan fingerprint density at radius 1 is 1.29 bits per heavy atom. The van der Waals surface area contributed by atoms with Crippen molar-refractivity contribution in [2.45, 2.75) is 45.4 Å². The number of hydrogen-bond acceptors (Lipinski definition) is 3. The molecule has 2 amide bonds. The summed E-state index contributed by atoms with van der Waals surface area (Å²) in [7, 11) is 1.82. The van der Waals surface area contributed by atoms with Gasteiger partial charge in [0.15, 0.2) is 0 Å². The summed E-state index contributed by atoms with van der Waals surface area (Å²) in [4.78, 5) is 22.1. The number of nitrogens with one attached hydrogen (secondary N) is 2. The van der Waals surface area contributed by atoms with Crippen molar-refractivity contribution in [3.8, 4) is 0 Å². The molecule has 118 valence electrons. The molecule has 7 heteroatoms. The molecule has 0 aliphatic carbocycles. The van der Waals surface area contributed by atoms with E-state index in [0.29, 0.717) is 13.0 Å². The summed E-state index contributed by atoms with van der Waals surface area (Å²) in [5.41, 5.74) is 1.60. The second-order valence-electron chi connectivity index (χ2n) is 4.96. The van der Waals surface area contributed by atoms with Crippen LogP contribution >= 0.6 is 0 Å². The number of amides is 2. The van der Waals surface area contributed by atoms with Gasteiger partial charge in [0.2, 0.25) is 0 Å². The van der Waals surface area contributed by atoms with Gasteiger partial charge < -0.3 is 15.7 Å². The smallest absolute Gasteiger partial charge is 0.319 e. The van der Waals surface area contributed by atoms with Gasteiger partial charge in [-0.15, -0.1) is 0 Å². The van der Waals surface area contributed by atoms with E-state index >= 15 is 0 Å². The summed E-state index contributed by atoms with van der Waals surface area (Å²) in [6.07, 6.45) is 6.09. The maximum absolute atomic E-state index is 11.7. The van der Waals surface area contributed by atoms with Crippen molar-refractivity contribution < 1.29 is 14.7 Å². The lowest BCUT2D eigenvalue weighted by molar-refractivity contribution is -0.137. The zero-order valence-electron chi connectivity index (χ0n) is 12.7. The quantitative estimate of drug-likeness (QED) is 0.608. The van der Waals surface area contributed by atoms with Crippen LogP contribution in [-0.4, -0.2) is 33.4 Å². The summed E-state index contributed by atoms with van der Waals surface area (Å²) in [5, 5.41) is 18.3. The van der Waals surface area contributed by atoms with Crippen LogP contribution in [0.3, 0.4) is 0 Å². The Balaban J connectivity index is 2.15. The molecule has 1 aromatic rings. The number of carboxylic acid groups (broad SMARTS) is 1. The fraction of sp³-hybridized carbons (Fsp3) is 0.643. The molecule has 0 saturated carbocycles. The van der Waals surface area contributed by atoms with Gasteiger partial charge in [-0.25, -0.2) is 4.79 Å². The normalized spacial score (nSPS) is 10.4. The average molecular weight is 296 g/mol. The maximum atomic E-state index is 11.7. The van der Waals surface area contributed by atoms with Gasteiger partial charge in [-0.2, -0.15) is 5.10 Å². The molecule has 0 saturated heterocycles. The molecular weight excluding hydrogens is 272 g/mol. The Hall–Kier alpha value is -2.05. The van der Waals surface area contributed by atoms with Gasteiger partial charge in [0, 0.05) is 26.2 Å². The maximum Gasteiger partial charge on any atom is 0.319 e. The average Bonchev–Trinajstić information content (AvgIpc) is 2.77. The number of carboxylic acids is 1. The highest BCUT2D eigenvalue weighted by atomic mass is 16.4. The third-order valence-electron chi connectivity index (χ3n) is 3.09. The fourth-order valence-corrected chi connectivity index (χ4v) is 2.02. The number of rotatable bonds is 9. The molecule has 0 aromatic carbocycles. The number of aromatic nitrogens is 2. The number of unbranched alkanes of at least 4 members (excludes halogenated alkanes) is 3. The highest BCUT2D eigenvalue weighted by molar-refractivity contribution is 5.89. The van der Waals surface area contributed by atoms with Crippen molar-refractivity contribution in [1.82, 2.24) is 15.1 Å². The first-order valence-electron chi connectivity index (χ1n) is 7.32. The van der Waals surface area contributed by atoms with Crippen molar-refractivity contribution in [3.05, 3.63) is 11.9 Å². The molecule has 0 spiro atoms. The molecule has 7 nitrogen and oxygen atoms in total. The SMILES string of the molecule is CCc1nn(C)cc1NC(=O)NCCCCCCC(=O)O. The first-order chi connectivity index (χ1) is 10.0. The predicted molar refractivity (Wildman–Crippen MR) is 80.3 cm³/mol. The van der Waals surface area contributed by atoms with Gasteiger partial charge in [0.05, 0.1) is 11.4 Å². The molecule has 0 unspecified atom stereocenters. The second-order valence-corrected chi connectivity index (χ2v) is 4.96. The summed E-state index contributed by atoms with van der Waals surface area (Å²) in [6, 6.07) is -0.233.